The molecule has 9 heteroatoms. The molecular formula is C25H26ClN3O5. The second-order valence-electron chi connectivity index (χ2n) is 8.20. The van der Waals surface area contributed by atoms with Gasteiger partial charge in [-0.3, -0.25) is 9.59 Å². The van der Waals surface area contributed by atoms with Crippen LogP contribution in [0.25, 0.3) is 11.3 Å². The Labute approximate surface area is 202 Å². The predicted molar refractivity (Wildman–Crippen MR) is 128 cm³/mol. The Hall–Kier alpha value is -3.36. The third-order valence-electron chi connectivity index (χ3n) is 6.16. The van der Waals surface area contributed by atoms with Gasteiger partial charge in [0.2, 0.25) is 5.91 Å². The van der Waals surface area contributed by atoms with Crippen LogP contribution in [-0.4, -0.2) is 53.0 Å². The van der Waals surface area contributed by atoms with Crippen molar-refractivity contribution in [1.29, 1.82) is 0 Å². The maximum Gasteiger partial charge on any atom is 0.267 e. The van der Waals surface area contributed by atoms with Crippen LogP contribution in [0.1, 0.15) is 18.4 Å². The zero-order chi connectivity index (χ0) is 24.3. The average Bonchev–Trinajstić information content (AvgIpc) is 2.85. The maximum atomic E-state index is 12.9. The molecule has 1 aliphatic heterocycles. The summed E-state index contributed by atoms with van der Waals surface area (Å²) >= 11 is 5.95. The highest BCUT2D eigenvalue weighted by Gasteiger charge is 2.35. The minimum atomic E-state index is -1.01. The van der Waals surface area contributed by atoms with E-state index in [9.17, 15) is 14.7 Å². The number of hydrogen-bond acceptors (Lipinski definition) is 6. The molecule has 0 saturated carbocycles. The van der Waals surface area contributed by atoms with Crippen LogP contribution < -0.4 is 15.0 Å². The Balaban J connectivity index is 1.47. The second-order valence-corrected chi connectivity index (χ2v) is 8.64. The highest BCUT2D eigenvalue weighted by molar-refractivity contribution is 6.30. The van der Waals surface area contributed by atoms with E-state index in [1.54, 1.807) is 49.5 Å². The monoisotopic (exact) mass is 483 g/mol. The van der Waals surface area contributed by atoms with Gasteiger partial charge in [0.25, 0.3) is 5.56 Å². The molecule has 0 unspecified atom stereocenters. The lowest BCUT2D eigenvalue weighted by Crippen LogP contribution is -2.47. The molecule has 0 bridgehead atoms. The number of aromatic nitrogens is 2. The van der Waals surface area contributed by atoms with Crippen molar-refractivity contribution < 1.29 is 19.4 Å². The number of benzene rings is 2. The van der Waals surface area contributed by atoms with Crippen molar-refractivity contribution in [2.24, 2.45) is 0 Å². The highest BCUT2D eigenvalue weighted by atomic mass is 35.5. The molecule has 1 aliphatic rings. The van der Waals surface area contributed by atoms with E-state index in [-0.39, 0.29) is 18.0 Å². The Morgan fingerprint density at radius 2 is 1.71 bits per heavy atom. The van der Waals surface area contributed by atoms with Crippen molar-refractivity contribution in [1.82, 2.24) is 14.7 Å². The summed E-state index contributed by atoms with van der Waals surface area (Å²) in [5, 5.41) is 16.0. The number of halogens is 1. The lowest BCUT2D eigenvalue weighted by molar-refractivity contribution is -0.136. The predicted octanol–water partition coefficient (Wildman–Crippen LogP) is 3.09. The summed E-state index contributed by atoms with van der Waals surface area (Å²) in [6.07, 6.45) is 0.794. The van der Waals surface area contributed by atoms with E-state index in [0.717, 1.165) is 15.8 Å². The molecule has 1 N–H and O–H groups in total. The number of carbonyl (C=O) groups excluding carboxylic acids is 1. The molecule has 1 aromatic heterocycles. The fourth-order valence-corrected chi connectivity index (χ4v) is 4.24. The fourth-order valence-electron chi connectivity index (χ4n) is 4.11. The molecule has 0 aliphatic carbocycles. The largest absolute Gasteiger partial charge is 0.493 e. The normalized spacial score (nSPS) is 15.1. The number of carbonyl (C=O) groups is 1. The van der Waals surface area contributed by atoms with Crippen LogP contribution in [0, 0.1) is 0 Å². The number of hydrogen-bond donors (Lipinski definition) is 1. The standard InChI is InChI=1S/C25H26ClN3O5/c1-33-21-9-3-17(15-22(21)34-2)20-8-10-23(30)29(27-20)16-24(31)28-13-11-25(32,12-14-28)18-4-6-19(26)7-5-18/h3-10,15,32H,11-14,16H2,1-2H3. The average molecular weight is 484 g/mol. The van der Waals surface area contributed by atoms with E-state index in [0.29, 0.717) is 48.1 Å². The smallest absolute Gasteiger partial charge is 0.267 e. The summed E-state index contributed by atoms with van der Waals surface area (Å²) in [5.74, 6) is 0.896. The minimum absolute atomic E-state index is 0.181. The van der Waals surface area contributed by atoms with E-state index in [2.05, 4.69) is 5.10 Å². The maximum absolute atomic E-state index is 12.9. The Kier molecular flexibility index (Phi) is 6.90. The summed E-state index contributed by atoms with van der Waals surface area (Å²) in [6, 6.07) is 15.4. The van der Waals surface area contributed by atoms with Crippen molar-refractivity contribution in [2.75, 3.05) is 27.3 Å². The van der Waals surface area contributed by atoms with Gasteiger partial charge in [-0.2, -0.15) is 5.10 Å². The number of amides is 1. The molecule has 0 spiro atoms. The molecule has 0 atom stereocenters. The summed E-state index contributed by atoms with van der Waals surface area (Å²) in [7, 11) is 3.10. The Bertz CT molecular complexity index is 1230. The van der Waals surface area contributed by atoms with E-state index >= 15 is 0 Å². The van der Waals surface area contributed by atoms with Crippen LogP contribution >= 0.6 is 11.6 Å². The molecule has 3 aromatic rings. The van der Waals surface area contributed by atoms with E-state index in [4.69, 9.17) is 21.1 Å². The van der Waals surface area contributed by atoms with Gasteiger partial charge < -0.3 is 19.5 Å². The number of rotatable bonds is 6. The van der Waals surface area contributed by atoms with Gasteiger partial charge in [-0.1, -0.05) is 23.7 Å². The molecular weight excluding hydrogens is 458 g/mol. The summed E-state index contributed by atoms with van der Waals surface area (Å²) in [4.78, 5) is 27.0. The van der Waals surface area contributed by atoms with Crippen LogP contribution in [0.2, 0.25) is 5.02 Å². The first-order chi connectivity index (χ1) is 16.3. The third-order valence-corrected chi connectivity index (χ3v) is 6.41. The van der Waals surface area contributed by atoms with Crippen LogP contribution in [0.3, 0.4) is 0 Å². The van der Waals surface area contributed by atoms with E-state index in [1.807, 2.05) is 18.2 Å². The van der Waals surface area contributed by atoms with E-state index in [1.165, 1.54) is 6.07 Å². The highest BCUT2D eigenvalue weighted by Crippen LogP contribution is 2.34. The van der Waals surface area contributed by atoms with Crippen molar-refractivity contribution >= 4 is 17.5 Å². The number of piperidine rings is 1. The second kappa shape index (κ2) is 9.87. The Morgan fingerprint density at radius 1 is 1.03 bits per heavy atom. The van der Waals surface area contributed by atoms with Gasteiger partial charge in [-0.25, -0.2) is 4.68 Å². The summed E-state index contributed by atoms with van der Waals surface area (Å²) in [5.41, 5.74) is 0.662. The topological polar surface area (TPSA) is 93.9 Å². The van der Waals surface area contributed by atoms with Gasteiger partial charge in [0.05, 0.1) is 25.5 Å². The minimum Gasteiger partial charge on any atom is -0.493 e. The van der Waals surface area contributed by atoms with Crippen molar-refractivity contribution in [3.05, 3.63) is 75.5 Å². The summed E-state index contributed by atoms with van der Waals surface area (Å²) in [6.45, 7) is 0.573. The number of ether oxygens (including phenoxy) is 2. The molecule has 1 amide bonds. The lowest BCUT2D eigenvalue weighted by atomic mass is 9.84. The molecule has 0 radical (unpaired) electrons. The van der Waals surface area contributed by atoms with Crippen LogP contribution in [0.5, 0.6) is 11.5 Å². The van der Waals surface area contributed by atoms with Gasteiger partial charge in [0.15, 0.2) is 11.5 Å². The lowest BCUT2D eigenvalue weighted by Gasteiger charge is -2.38. The number of aliphatic hydroxyl groups is 1. The molecule has 2 heterocycles. The van der Waals surface area contributed by atoms with Gasteiger partial charge in [0, 0.05) is 29.7 Å². The first kappa shape index (κ1) is 23.8. The molecule has 2 aromatic carbocycles. The molecule has 34 heavy (non-hydrogen) atoms. The molecule has 178 valence electrons. The molecule has 1 saturated heterocycles. The molecule has 4 rings (SSSR count). The van der Waals surface area contributed by atoms with Crippen LogP contribution in [-0.2, 0) is 16.9 Å². The van der Waals surface area contributed by atoms with Gasteiger partial charge in [0.1, 0.15) is 6.54 Å². The molecule has 8 nitrogen and oxygen atoms in total. The van der Waals surface area contributed by atoms with Gasteiger partial charge >= 0.3 is 0 Å². The number of methoxy groups -OCH3 is 2. The molecule has 1 fully saturated rings. The van der Waals surface area contributed by atoms with Gasteiger partial charge in [-0.05, 0) is 54.8 Å². The SMILES string of the molecule is COc1ccc(-c2ccc(=O)n(CC(=O)N3CCC(O)(c4ccc(Cl)cc4)CC3)n2)cc1OC. The fraction of sp³-hybridized carbons (Fsp3) is 0.320. The number of nitrogens with zero attached hydrogens (tertiary/aromatic N) is 3. The first-order valence-corrected chi connectivity index (χ1v) is 11.3. The summed E-state index contributed by atoms with van der Waals surface area (Å²) < 4.78 is 11.8. The van der Waals surface area contributed by atoms with Crippen molar-refractivity contribution in [3.63, 3.8) is 0 Å². The number of likely N-dealkylation sites (tertiary alicyclic amines) is 1. The van der Waals surface area contributed by atoms with Crippen LogP contribution in [0.4, 0.5) is 0 Å². The first-order valence-electron chi connectivity index (χ1n) is 10.9. The van der Waals surface area contributed by atoms with Gasteiger partial charge in [-0.15, -0.1) is 0 Å². The third kappa shape index (κ3) is 4.93. The van der Waals surface area contributed by atoms with E-state index < -0.39 is 5.60 Å². The zero-order valence-corrected chi connectivity index (χ0v) is 19.8. The Morgan fingerprint density at radius 3 is 2.35 bits per heavy atom. The van der Waals surface area contributed by atoms with Crippen molar-refractivity contribution in [3.8, 4) is 22.8 Å². The zero-order valence-electron chi connectivity index (χ0n) is 19.0. The quantitative estimate of drug-likeness (QED) is 0.579. The van der Waals surface area contributed by atoms with Crippen LogP contribution in [0.15, 0.2) is 59.4 Å². The van der Waals surface area contributed by atoms with Crippen molar-refractivity contribution in [2.45, 2.75) is 25.0 Å².